The highest BCUT2D eigenvalue weighted by Gasteiger charge is 2.07. The van der Waals surface area contributed by atoms with E-state index in [9.17, 15) is 0 Å². The molecule has 0 amide bonds. The third-order valence-corrected chi connectivity index (χ3v) is 3.97. The zero-order chi connectivity index (χ0) is 15.9. The van der Waals surface area contributed by atoms with E-state index in [4.69, 9.17) is 10.2 Å². The van der Waals surface area contributed by atoms with Crippen LogP contribution in [-0.4, -0.2) is 22.5 Å². The summed E-state index contributed by atoms with van der Waals surface area (Å²) in [7, 11) is 0. The predicted molar refractivity (Wildman–Crippen MR) is 107 cm³/mol. The number of hydrogen-bond acceptors (Lipinski definition) is 5. The van der Waals surface area contributed by atoms with Crippen LogP contribution in [0.4, 0.5) is 0 Å². The lowest BCUT2D eigenvalue weighted by molar-refractivity contribution is 0.574. The largest absolute Gasteiger partial charge is 0.443 e. The van der Waals surface area contributed by atoms with Gasteiger partial charge in [0, 0.05) is 24.9 Å². The zero-order valence-corrected chi connectivity index (χ0v) is 16.0. The van der Waals surface area contributed by atoms with Crippen LogP contribution in [0.5, 0.6) is 0 Å². The number of pyridine rings is 1. The van der Waals surface area contributed by atoms with E-state index in [2.05, 4.69) is 20.3 Å². The Kier molecular flexibility index (Phi) is 7.19. The average Bonchev–Trinajstić information content (AvgIpc) is 3.25. The fourth-order valence-corrected chi connectivity index (χ4v) is 2.64. The van der Waals surface area contributed by atoms with Crippen molar-refractivity contribution in [2.45, 2.75) is 13.0 Å². The van der Waals surface area contributed by atoms with Crippen LogP contribution in [0.25, 0.3) is 10.8 Å². The van der Waals surface area contributed by atoms with E-state index in [1.807, 2.05) is 35.7 Å². The van der Waals surface area contributed by atoms with Gasteiger partial charge in [-0.25, -0.2) is 9.98 Å². The highest BCUT2D eigenvalue weighted by Crippen LogP contribution is 2.23. The van der Waals surface area contributed by atoms with Gasteiger partial charge in [0.15, 0.2) is 5.96 Å². The van der Waals surface area contributed by atoms with Gasteiger partial charge in [0.25, 0.3) is 0 Å². The third-order valence-electron chi connectivity index (χ3n) is 3.11. The molecule has 0 saturated carbocycles. The van der Waals surface area contributed by atoms with Crippen LogP contribution in [0.1, 0.15) is 11.4 Å². The van der Waals surface area contributed by atoms with Crippen LogP contribution in [0, 0.1) is 0 Å². The zero-order valence-electron chi connectivity index (χ0n) is 12.9. The van der Waals surface area contributed by atoms with E-state index >= 15 is 0 Å². The molecule has 0 saturated heterocycles. The molecule has 0 bridgehead atoms. The first-order chi connectivity index (χ1) is 11.3. The molecule has 0 radical (unpaired) electrons. The summed E-state index contributed by atoms with van der Waals surface area (Å²) in [6, 6.07) is 9.78. The molecule has 3 N–H and O–H groups in total. The normalized spacial score (nSPS) is 11.1. The number of halogens is 1. The number of oxazole rings is 1. The molecule has 0 fully saturated rings. The second-order valence-corrected chi connectivity index (χ2v) is 5.77. The van der Waals surface area contributed by atoms with Gasteiger partial charge in [0.05, 0.1) is 11.4 Å². The SMILES string of the molecule is I.NC(=NCc1coc(-c2cccs2)n1)NCCc1ccccn1. The van der Waals surface area contributed by atoms with E-state index in [-0.39, 0.29) is 24.0 Å². The van der Waals surface area contributed by atoms with Crippen molar-refractivity contribution in [3.63, 3.8) is 0 Å². The Balaban J connectivity index is 0.00000208. The number of nitrogens with zero attached hydrogens (tertiary/aromatic N) is 3. The summed E-state index contributed by atoms with van der Waals surface area (Å²) in [6.07, 6.45) is 4.19. The van der Waals surface area contributed by atoms with Crippen molar-refractivity contribution in [1.82, 2.24) is 15.3 Å². The van der Waals surface area contributed by atoms with Crippen molar-refractivity contribution >= 4 is 41.3 Å². The lowest BCUT2D eigenvalue weighted by Gasteiger charge is -2.04. The second kappa shape index (κ2) is 9.38. The Hall–Kier alpha value is -1.94. The van der Waals surface area contributed by atoms with Gasteiger partial charge in [-0.3, -0.25) is 4.98 Å². The summed E-state index contributed by atoms with van der Waals surface area (Å²) < 4.78 is 5.44. The molecule has 3 aromatic rings. The van der Waals surface area contributed by atoms with Crippen molar-refractivity contribution in [2.24, 2.45) is 10.7 Å². The minimum absolute atomic E-state index is 0. The van der Waals surface area contributed by atoms with Gasteiger partial charge in [0.2, 0.25) is 5.89 Å². The fourth-order valence-electron chi connectivity index (χ4n) is 1.98. The molecule has 3 aromatic heterocycles. The minimum atomic E-state index is 0. The quantitative estimate of drug-likeness (QED) is 0.339. The molecule has 0 aliphatic heterocycles. The number of thiophene rings is 1. The fraction of sp³-hybridized carbons (Fsp3) is 0.188. The molecule has 0 spiro atoms. The summed E-state index contributed by atoms with van der Waals surface area (Å²) in [5.41, 5.74) is 7.62. The van der Waals surface area contributed by atoms with E-state index in [0.717, 1.165) is 22.7 Å². The Morgan fingerprint density at radius 2 is 2.17 bits per heavy atom. The maximum absolute atomic E-state index is 5.85. The Labute approximate surface area is 161 Å². The molecular formula is C16H18IN5OS. The van der Waals surface area contributed by atoms with Crippen molar-refractivity contribution in [3.8, 4) is 10.8 Å². The van der Waals surface area contributed by atoms with Gasteiger partial charge in [-0.1, -0.05) is 12.1 Å². The first-order valence-electron chi connectivity index (χ1n) is 7.23. The average molecular weight is 455 g/mol. The first kappa shape index (κ1) is 18.4. The predicted octanol–water partition coefficient (Wildman–Crippen LogP) is 3.06. The maximum atomic E-state index is 5.85. The number of rotatable bonds is 6. The Bertz CT molecular complexity index is 758. The molecule has 0 aliphatic rings. The molecule has 6 nitrogen and oxygen atoms in total. The molecule has 0 unspecified atom stereocenters. The van der Waals surface area contributed by atoms with Crippen LogP contribution in [0.2, 0.25) is 0 Å². The Morgan fingerprint density at radius 3 is 2.92 bits per heavy atom. The lowest BCUT2D eigenvalue weighted by Crippen LogP contribution is -2.33. The van der Waals surface area contributed by atoms with Crippen LogP contribution in [0.15, 0.2) is 57.6 Å². The number of hydrogen-bond donors (Lipinski definition) is 2. The van der Waals surface area contributed by atoms with Gasteiger partial charge in [-0.05, 0) is 23.6 Å². The Morgan fingerprint density at radius 1 is 1.25 bits per heavy atom. The summed E-state index contributed by atoms with van der Waals surface area (Å²) in [5, 5.41) is 5.05. The maximum Gasteiger partial charge on any atom is 0.236 e. The van der Waals surface area contributed by atoms with Crippen LogP contribution >= 0.6 is 35.3 Å². The second-order valence-electron chi connectivity index (χ2n) is 4.82. The molecular weight excluding hydrogens is 437 g/mol. The number of nitrogens with one attached hydrogen (secondary N) is 1. The third kappa shape index (κ3) is 5.31. The first-order valence-corrected chi connectivity index (χ1v) is 8.11. The molecule has 8 heteroatoms. The van der Waals surface area contributed by atoms with Gasteiger partial charge in [-0.2, -0.15) is 0 Å². The summed E-state index contributed by atoms with van der Waals surface area (Å²) in [5.74, 6) is 1.01. The van der Waals surface area contributed by atoms with E-state index < -0.39 is 0 Å². The van der Waals surface area contributed by atoms with Gasteiger partial charge >= 0.3 is 0 Å². The molecule has 126 valence electrons. The van der Waals surface area contributed by atoms with Crippen molar-refractivity contribution < 1.29 is 4.42 Å². The molecule has 0 aromatic carbocycles. The summed E-state index contributed by atoms with van der Waals surface area (Å²) in [6.45, 7) is 1.07. The van der Waals surface area contributed by atoms with Crippen molar-refractivity contribution in [1.29, 1.82) is 0 Å². The molecule has 24 heavy (non-hydrogen) atoms. The van der Waals surface area contributed by atoms with E-state index in [1.165, 1.54) is 0 Å². The van der Waals surface area contributed by atoms with Gasteiger partial charge < -0.3 is 15.5 Å². The van der Waals surface area contributed by atoms with E-state index in [0.29, 0.717) is 24.9 Å². The van der Waals surface area contributed by atoms with Crippen molar-refractivity contribution in [3.05, 3.63) is 59.6 Å². The van der Waals surface area contributed by atoms with Crippen LogP contribution in [-0.2, 0) is 13.0 Å². The topological polar surface area (TPSA) is 89.3 Å². The number of guanidine groups is 1. The highest BCUT2D eigenvalue weighted by atomic mass is 127. The van der Waals surface area contributed by atoms with E-state index in [1.54, 1.807) is 23.8 Å². The van der Waals surface area contributed by atoms with Gasteiger partial charge in [0.1, 0.15) is 12.0 Å². The number of nitrogens with two attached hydrogens (primary N) is 1. The molecule has 0 aliphatic carbocycles. The minimum Gasteiger partial charge on any atom is -0.443 e. The van der Waals surface area contributed by atoms with Crippen LogP contribution in [0.3, 0.4) is 0 Å². The van der Waals surface area contributed by atoms with Crippen molar-refractivity contribution in [2.75, 3.05) is 6.54 Å². The van der Waals surface area contributed by atoms with Gasteiger partial charge in [-0.15, -0.1) is 35.3 Å². The van der Waals surface area contributed by atoms with Crippen LogP contribution < -0.4 is 11.1 Å². The molecule has 0 atom stereocenters. The number of aromatic nitrogens is 2. The lowest BCUT2D eigenvalue weighted by atomic mass is 10.3. The number of aliphatic imine (C=N–C) groups is 1. The summed E-state index contributed by atoms with van der Waals surface area (Å²) >= 11 is 1.59. The summed E-state index contributed by atoms with van der Waals surface area (Å²) in [4.78, 5) is 13.9. The smallest absolute Gasteiger partial charge is 0.236 e. The molecule has 3 rings (SSSR count). The molecule has 3 heterocycles. The monoisotopic (exact) mass is 455 g/mol. The highest BCUT2D eigenvalue weighted by molar-refractivity contribution is 14.0. The standard InChI is InChI=1S/C16H17N5OS.HI/c17-16(19-8-6-12-4-1-2-7-18-12)20-10-13-11-22-15(21-13)14-5-3-9-23-14;/h1-5,7,9,11H,6,8,10H2,(H3,17,19,20);1H.